The van der Waals surface area contributed by atoms with Gasteiger partial charge in [0.15, 0.2) is 0 Å². The van der Waals surface area contributed by atoms with E-state index in [4.69, 9.17) is 9.47 Å². The number of pyridine rings is 1. The second-order valence-electron chi connectivity index (χ2n) is 6.33. The van der Waals surface area contributed by atoms with Crippen LogP contribution in [0.1, 0.15) is 31.3 Å². The van der Waals surface area contributed by atoms with Crippen LogP contribution < -0.4 is 20.1 Å². The molecule has 1 aromatic carbocycles. The van der Waals surface area contributed by atoms with Crippen molar-refractivity contribution in [2.24, 2.45) is 0 Å². The maximum Gasteiger partial charge on any atom is 0.270 e. The smallest absolute Gasteiger partial charge is 0.270 e. The van der Waals surface area contributed by atoms with Crippen molar-refractivity contribution >= 4 is 17.3 Å². The SMILES string of the molecule is COc1ccc(OC)c(Nc2ccc(C(=O)NC(C)(C)C)nc2)c1. The van der Waals surface area contributed by atoms with Gasteiger partial charge in [-0.1, -0.05) is 0 Å². The maximum absolute atomic E-state index is 12.1. The lowest BCUT2D eigenvalue weighted by atomic mass is 10.1. The second kappa shape index (κ2) is 7.21. The fourth-order valence-electron chi connectivity index (χ4n) is 2.07. The number of aromatic nitrogens is 1. The monoisotopic (exact) mass is 329 g/mol. The summed E-state index contributed by atoms with van der Waals surface area (Å²) in [5.41, 5.74) is 1.57. The van der Waals surface area contributed by atoms with Gasteiger partial charge in [-0.15, -0.1) is 0 Å². The van der Waals surface area contributed by atoms with E-state index in [0.717, 1.165) is 11.4 Å². The molecular formula is C18H23N3O3. The molecule has 6 nitrogen and oxygen atoms in total. The summed E-state index contributed by atoms with van der Waals surface area (Å²) in [6.45, 7) is 5.78. The Morgan fingerprint density at radius 3 is 2.38 bits per heavy atom. The Balaban J connectivity index is 2.16. The molecule has 0 aliphatic carbocycles. The van der Waals surface area contributed by atoms with E-state index in [9.17, 15) is 4.79 Å². The van der Waals surface area contributed by atoms with Gasteiger partial charge in [-0.25, -0.2) is 4.98 Å². The molecule has 0 aliphatic heterocycles. The number of nitrogens with zero attached hydrogens (tertiary/aromatic N) is 1. The predicted molar refractivity (Wildman–Crippen MR) is 94.3 cm³/mol. The van der Waals surface area contributed by atoms with E-state index in [1.54, 1.807) is 32.5 Å². The summed E-state index contributed by atoms with van der Waals surface area (Å²) in [5, 5.41) is 6.09. The fraction of sp³-hybridized carbons (Fsp3) is 0.333. The number of nitrogens with one attached hydrogen (secondary N) is 2. The van der Waals surface area contributed by atoms with Crippen LogP contribution in [0, 0.1) is 0 Å². The Bertz CT molecular complexity index is 706. The van der Waals surface area contributed by atoms with Crippen LogP contribution in [0.15, 0.2) is 36.5 Å². The van der Waals surface area contributed by atoms with Gasteiger partial charge < -0.3 is 20.1 Å². The second-order valence-corrected chi connectivity index (χ2v) is 6.33. The number of benzene rings is 1. The molecule has 0 aliphatic rings. The molecule has 128 valence electrons. The van der Waals surface area contributed by atoms with Gasteiger partial charge in [-0.05, 0) is 45.0 Å². The quantitative estimate of drug-likeness (QED) is 0.880. The highest BCUT2D eigenvalue weighted by Gasteiger charge is 2.16. The Hall–Kier alpha value is -2.76. The molecule has 0 radical (unpaired) electrons. The molecule has 1 heterocycles. The number of rotatable bonds is 5. The highest BCUT2D eigenvalue weighted by atomic mass is 16.5. The van der Waals surface area contributed by atoms with Gasteiger partial charge in [-0.2, -0.15) is 0 Å². The average Bonchev–Trinajstić information content (AvgIpc) is 2.53. The lowest BCUT2D eigenvalue weighted by Gasteiger charge is -2.20. The van der Waals surface area contributed by atoms with E-state index in [-0.39, 0.29) is 11.4 Å². The number of carbonyl (C=O) groups excluding carboxylic acids is 1. The number of carbonyl (C=O) groups is 1. The van der Waals surface area contributed by atoms with Crippen LogP contribution in [-0.4, -0.2) is 30.6 Å². The zero-order valence-electron chi connectivity index (χ0n) is 14.6. The van der Waals surface area contributed by atoms with Crippen LogP contribution in [-0.2, 0) is 0 Å². The number of methoxy groups -OCH3 is 2. The van der Waals surface area contributed by atoms with Crippen LogP contribution in [0.25, 0.3) is 0 Å². The van der Waals surface area contributed by atoms with Crippen LogP contribution in [0.4, 0.5) is 11.4 Å². The zero-order valence-corrected chi connectivity index (χ0v) is 14.6. The third-order valence-electron chi connectivity index (χ3n) is 3.17. The first kappa shape index (κ1) is 17.6. The minimum Gasteiger partial charge on any atom is -0.497 e. The molecule has 0 spiro atoms. The first-order chi connectivity index (χ1) is 11.3. The Kier molecular flexibility index (Phi) is 5.28. The molecule has 0 unspecified atom stereocenters. The number of hydrogen-bond donors (Lipinski definition) is 2. The minimum atomic E-state index is -0.302. The summed E-state index contributed by atoms with van der Waals surface area (Å²) in [4.78, 5) is 16.3. The molecule has 0 bridgehead atoms. The zero-order chi connectivity index (χ0) is 17.7. The van der Waals surface area contributed by atoms with Crippen LogP contribution in [0.5, 0.6) is 11.5 Å². The molecule has 6 heteroatoms. The average molecular weight is 329 g/mol. The van der Waals surface area contributed by atoms with Gasteiger partial charge >= 0.3 is 0 Å². The van der Waals surface area contributed by atoms with Gasteiger partial charge in [0.2, 0.25) is 0 Å². The minimum absolute atomic E-state index is 0.201. The van der Waals surface area contributed by atoms with Crippen molar-refractivity contribution in [1.29, 1.82) is 0 Å². The van der Waals surface area contributed by atoms with Gasteiger partial charge in [0.25, 0.3) is 5.91 Å². The predicted octanol–water partition coefficient (Wildman–Crippen LogP) is 3.37. The summed E-state index contributed by atoms with van der Waals surface area (Å²) >= 11 is 0. The summed E-state index contributed by atoms with van der Waals surface area (Å²) in [7, 11) is 3.21. The van der Waals surface area contributed by atoms with E-state index in [1.165, 1.54) is 0 Å². The first-order valence-electron chi connectivity index (χ1n) is 7.60. The third kappa shape index (κ3) is 4.62. The van der Waals surface area contributed by atoms with E-state index in [2.05, 4.69) is 15.6 Å². The topological polar surface area (TPSA) is 72.5 Å². The summed E-state index contributed by atoms with van der Waals surface area (Å²) in [6.07, 6.45) is 1.61. The first-order valence-corrected chi connectivity index (χ1v) is 7.60. The van der Waals surface area contributed by atoms with Crippen molar-refractivity contribution < 1.29 is 14.3 Å². The molecule has 0 saturated heterocycles. The van der Waals surface area contributed by atoms with Crippen molar-refractivity contribution in [2.75, 3.05) is 19.5 Å². The molecule has 0 fully saturated rings. The van der Waals surface area contributed by atoms with Gasteiger partial charge in [0.1, 0.15) is 17.2 Å². The fourth-order valence-corrected chi connectivity index (χ4v) is 2.07. The summed E-state index contributed by atoms with van der Waals surface area (Å²) in [6, 6.07) is 8.94. The van der Waals surface area contributed by atoms with Gasteiger partial charge in [0.05, 0.1) is 31.8 Å². The number of hydrogen-bond acceptors (Lipinski definition) is 5. The Morgan fingerprint density at radius 2 is 1.83 bits per heavy atom. The standard InChI is InChI=1S/C18H23N3O3/c1-18(2,3)21-17(22)14-8-6-12(11-19-14)20-15-10-13(23-4)7-9-16(15)24-5/h6-11,20H,1-5H3,(H,21,22). The Morgan fingerprint density at radius 1 is 1.08 bits per heavy atom. The summed E-state index contributed by atoms with van der Waals surface area (Å²) < 4.78 is 10.6. The van der Waals surface area contributed by atoms with Crippen molar-refractivity contribution in [3.63, 3.8) is 0 Å². The van der Waals surface area contributed by atoms with Crippen molar-refractivity contribution in [1.82, 2.24) is 10.3 Å². The normalized spacial score (nSPS) is 10.9. The van der Waals surface area contributed by atoms with Crippen LogP contribution in [0.2, 0.25) is 0 Å². The van der Waals surface area contributed by atoms with E-state index in [1.807, 2.05) is 39.0 Å². The summed E-state index contributed by atoms with van der Waals surface area (Å²) in [5.74, 6) is 1.20. The molecule has 1 aromatic heterocycles. The largest absolute Gasteiger partial charge is 0.497 e. The highest BCUT2D eigenvalue weighted by Crippen LogP contribution is 2.31. The lowest BCUT2D eigenvalue weighted by molar-refractivity contribution is 0.0914. The number of amides is 1. The molecular weight excluding hydrogens is 306 g/mol. The number of ether oxygens (including phenoxy) is 2. The van der Waals surface area contributed by atoms with Gasteiger partial charge in [0, 0.05) is 11.6 Å². The molecule has 1 amide bonds. The molecule has 2 rings (SSSR count). The third-order valence-corrected chi connectivity index (χ3v) is 3.17. The van der Waals surface area contributed by atoms with Gasteiger partial charge in [-0.3, -0.25) is 4.79 Å². The maximum atomic E-state index is 12.1. The van der Waals surface area contributed by atoms with Crippen molar-refractivity contribution in [2.45, 2.75) is 26.3 Å². The molecule has 0 saturated carbocycles. The number of anilines is 2. The highest BCUT2D eigenvalue weighted by molar-refractivity contribution is 5.93. The molecule has 24 heavy (non-hydrogen) atoms. The Labute approximate surface area is 142 Å². The van der Waals surface area contributed by atoms with Crippen molar-refractivity contribution in [3.05, 3.63) is 42.2 Å². The van der Waals surface area contributed by atoms with E-state index < -0.39 is 0 Å². The van der Waals surface area contributed by atoms with Crippen molar-refractivity contribution in [3.8, 4) is 11.5 Å². The van der Waals surface area contributed by atoms with Crippen LogP contribution in [0.3, 0.4) is 0 Å². The lowest BCUT2D eigenvalue weighted by Crippen LogP contribution is -2.40. The molecule has 0 atom stereocenters. The van der Waals surface area contributed by atoms with E-state index >= 15 is 0 Å². The van der Waals surface area contributed by atoms with E-state index in [0.29, 0.717) is 17.2 Å². The molecule has 2 N–H and O–H groups in total. The molecule has 2 aromatic rings. The van der Waals surface area contributed by atoms with Crippen LogP contribution >= 0.6 is 0 Å².